The Labute approximate surface area is 89.0 Å². The minimum atomic E-state index is -0.717. The first-order chi connectivity index (χ1) is 6.96. The predicted molar refractivity (Wildman–Crippen MR) is 55.4 cm³/mol. The SMILES string of the molecule is CC1(C)OC(=O)OC1(C)c1ccccc1. The maximum absolute atomic E-state index is 11.2. The molecule has 1 aliphatic rings. The van der Waals surface area contributed by atoms with E-state index in [1.807, 2.05) is 51.1 Å². The van der Waals surface area contributed by atoms with Crippen LogP contribution in [0.5, 0.6) is 0 Å². The Hall–Kier alpha value is -1.51. The summed E-state index contributed by atoms with van der Waals surface area (Å²) in [6, 6.07) is 9.64. The molecule has 1 saturated heterocycles. The van der Waals surface area contributed by atoms with Crippen LogP contribution < -0.4 is 0 Å². The second-order valence-corrected chi connectivity index (χ2v) is 4.36. The van der Waals surface area contributed by atoms with Crippen LogP contribution in [-0.2, 0) is 15.1 Å². The summed E-state index contributed by atoms with van der Waals surface area (Å²) in [7, 11) is 0. The molecule has 15 heavy (non-hydrogen) atoms. The summed E-state index contributed by atoms with van der Waals surface area (Å²) in [5, 5.41) is 0. The van der Waals surface area contributed by atoms with Crippen molar-refractivity contribution in [2.75, 3.05) is 0 Å². The van der Waals surface area contributed by atoms with Crippen LogP contribution in [-0.4, -0.2) is 11.8 Å². The van der Waals surface area contributed by atoms with E-state index in [1.165, 1.54) is 0 Å². The molecule has 0 radical (unpaired) electrons. The van der Waals surface area contributed by atoms with Crippen molar-refractivity contribution < 1.29 is 14.3 Å². The monoisotopic (exact) mass is 206 g/mol. The molecule has 0 aliphatic carbocycles. The highest BCUT2D eigenvalue weighted by Gasteiger charge is 2.55. The topological polar surface area (TPSA) is 35.5 Å². The number of benzene rings is 1. The lowest BCUT2D eigenvalue weighted by atomic mass is 9.82. The van der Waals surface area contributed by atoms with Gasteiger partial charge in [0.05, 0.1) is 0 Å². The van der Waals surface area contributed by atoms with E-state index in [2.05, 4.69) is 0 Å². The number of cyclic esters (lactones) is 2. The van der Waals surface area contributed by atoms with Gasteiger partial charge in [-0.05, 0) is 26.3 Å². The smallest absolute Gasteiger partial charge is 0.424 e. The van der Waals surface area contributed by atoms with Crippen molar-refractivity contribution >= 4 is 6.16 Å². The summed E-state index contributed by atoms with van der Waals surface area (Å²) < 4.78 is 10.4. The van der Waals surface area contributed by atoms with Crippen LogP contribution >= 0.6 is 0 Å². The number of hydrogen-bond acceptors (Lipinski definition) is 3. The lowest BCUT2D eigenvalue weighted by Gasteiger charge is -2.32. The summed E-state index contributed by atoms with van der Waals surface area (Å²) in [4.78, 5) is 11.2. The molecule has 2 rings (SSSR count). The maximum Gasteiger partial charge on any atom is 0.510 e. The molecule has 0 saturated carbocycles. The highest BCUT2D eigenvalue weighted by atomic mass is 16.8. The Kier molecular flexibility index (Phi) is 2.00. The molecule has 1 atom stereocenters. The fraction of sp³-hybridized carbons (Fsp3) is 0.417. The number of hydrogen-bond donors (Lipinski definition) is 0. The van der Waals surface area contributed by atoms with E-state index in [0.29, 0.717) is 0 Å². The zero-order valence-corrected chi connectivity index (χ0v) is 9.11. The average Bonchev–Trinajstić information content (AvgIpc) is 2.38. The lowest BCUT2D eigenvalue weighted by molar-refractivity contribution is -0.0135. The van der Waals surface area contributed by atoms with Crippen molar-refractivity contribution in [3.63, 3.8) is 0 Å². The molecule has 3 nitrogen and oxygen atoms in total. The number of carbonyl (C=O) groups excluding carboxylic acids is 1. The molecule has 80 valence electrons. The molecule has 1 aromatic carbocycles. The second kappa shape index (κ2) is 2.99. The largest absolute Gasteiger partial charge is 0.510 e. The van der Waals surface area contributed by atoms with Crippen LogP contribution in [0, 0.1) is 0 Å². The molecule has 0 aromatic heterocycles. The molecule has 0 bridgehead atoms. The number of ether oxygens (including phenoxy) is 2. The van der Waals surface area contributed by atoms with Crippen molar-refractivity contribution in [2.24, 2.45) is 0 Å². The molecule has 3 heteroatoms. The van der Waals surface area contributed by atoms with Crippen molar-refractivity contribution in [1.29, 1.82) is 0 Å². The Bertz CT molecular complexity index is 383. The molecule has 1 aliphatic heterocycles. The van der Waals surface area contributed by atoms with Gasteiger partial charge in [0.25, 0.3) is 0 Å². The third kappa shape index (κ3) is 1.39. The standard InChI is InChI=1S/C12H14O3/c1-11(2)12(3,15-10(13)14-11)9-7-5-4-6-8-9/h4-8H,1-3H3. The van der Waals surface area contributed by atoms with Crippen LogP contribution in [0.3, 0.4) is 0 Å². The quantitative estimate of drug-likeness (QED) is 0.663. The van der Waals surface area contributed by atoms with Gasteiger partial charge in [0.1, 0.15) is 0 Å². The van der Waals surface area contributed by atoms with Crippen LogP contribution in [0.15, 0.2) is 30.3 Å². The number of carbonyl (C=O) groups is 1. The summed E-state index contributed by atoms with van der Waals surface area (Å²) in [6.07, 6.45) is -0.605. The van der Waals surface area contributed by atoms with E-state index in [9.17, 15) is 4.79 Å². The van der Waals surface area contributed by atoms with Crippen molar-refractivity contribution in [3.8, 4) is 0 Å². The normalized spacial score (nSPS) is 28.3. The van der Waals surface area contributed by atoms with E-state index in [1.54, 1.807) is 0 Å². The Morgan fingerprint density at radius 1 is 1.00 bits per heavy atom. The summed E-state index contributed by atoms with van der Waals surface area (Å²) in [6.45, 7) is 5.57. The van der Waals surface area contributed by atoms with Gasteiger partial charge in [-0.15, -0.1) is 0 Å². The molecule has 1 fully saturated rings. The molecule has 0 N–H and O–H groups in total. The fourth-order valence-electron chi connectivity index (χ4n) is 1.78. The van der Waals surface area contributed by atoms with Gasteiger partial charge in [0, 0.05) is 0 Å². The van der Waals surface area contributed by atoms with Gasteiger partial charge in [0.2, 0.25) is 0 Å². The van der Waals surface area contributed by atoms with E-state index in [4.69, 9.17) is 9.47 Å². The minimum absolute atomic E-state index is 0.605. The predicted octanol–water partition coefficient (Wildman–Crippen LogP) is 2.85. The van der Waals surface area contributed by atoms with E-state index in [-0.39, 0.29) is 0 Å². The van der Waals surface area contributed by atoms with Gasteiger partial charge in [-0.2, -0.15) is 0 Å². The number of rotatable bonds is 1. The Balaban J connectivity index is 2.47. The zero-order valence-electron chi connectivity index (χ0n) is 9.11. The van der Waals surface area contributed by atoms with E-state index >= 15 is 0 Å². The minimum Gasteiger partial charge on any atom is -0.424 e. The van der Waals surface area contributed by atoms with E-state index in [0.717, 1.165) is 5.56 Å². The highest BCUT2D eigenvalue weighted by molar-refractivity contribution is 5.65. The third-order valence-corrected chi connectivity index (χ3v) is 3.10. The van der Waals surface area contributed by atoms with Crippen LogP contribution in [0.4, 0.5) is 4.79 Å². The molecular weight excluding hydrogens is 192 g/mol. The Morgan fingerprint density at radius 3 is 2.07 bits per heavy atom. The van der Waals surface area contributed by atoms with E-state index < -0.39 is 17.4 Å². The van der Waals surface area contributed by atoms with Crippen molar-refractivity contribution in [1.82, 2.24) is 0 Å². The molecule has 0 spiro atoms. The fourth-order valence-corrected chi connectivity index (χ4v) is 1.78. The first-order valence-corrected chi connectivity index (χ1v) is 4.93. The summed E-state index contributed by atoms with van der Waals surface area (Å²) in [5.74, 6) is 0. The molecular formula is C12H14O3. The molecule has 0 amide bonds. The van der Waals surface area contributed by atoms with Crippen LogP contribution in [0.25, 0.3) is 0 Å². The molecule has 1 aromatic rings. The maximum atomic E-state index is 11.2. The Morgan fingerprint density at radius 2 is 1.60 bits per heavy atom. The zero-order chi connectivity index (χ0) is 11.1. The van der Waals surface area contributed by atoms with Gasteiger partial charge >= 0.3 is 6.16 Å². The van der Waals surface area contributed by atoms with Crippen molar-refractivity contribution in [3.05, 3.63) is 35.9 Å². The highest BCUT2D eigenvalue weighted by Crippen LogP contribution is 2.44. The van der Waals surface area contributed by atoms with Gasteiger partial charge in [0.15, 0.2) is 11.2 Å². The molecule has 1 heterocycles. The van der Waals surface area contributed by atoms with Gasteiger partial charge < -0.3 is 9.47 Å². The van der Waals surface area contributed by atoms with Gasteiger partial charge in [-0.3, -0.25) is 0 Å². The third-order valence-electron chi connectivity index (χ3n) is 3.10. The van der Waals surface area contributed by atoms with Crippen LogP contribution in [0.2, 0.25) is 0 Å². The summed E-state index contributed by atoms with van der Waals surface area (Å²) in [5.41, 5.74) is -0.419. The second-order valence-electron chi connectivity index (χ2n) is 4.36. The van der Waals surface area contributed by atoms with Crippen molar-refractivity contribution in [2.45, 2.75) is 32.0 Å². The average molecular weight is 206 g/mol. The van der Waals surface area contributed by atoms with Crippen LogP contribution in [0.1, 0.15) is 26.3 Å². The molecule has 1 unspecified atom stereocenters. The summed E-state index contributed by atoms with van der Waals surface area (Å²) >= 11 is 0. The lowest BCUT2D eigenvalue weighted by Crippen LogP contribution is -2.42. The first kappa shape index (κ1) is 10.0. The van der Waals surface area contributed by atoms with Gasteiger partial charge in [-0.25, -0.2) is 4.79 Å². The van der Waals surface area contributed by atoms with Gasteiger partial charge in [-0.1, -0.05) is 30.3 Å². The first-order valence-electron chi connectivity index (χ1n) is 4.93.